The highest BCUT2D eigenvalue weighted by Gasteiger charge is 2.29. The predicted molar refractivity (Wildman–Crippen MR) is 81.5 cm³/mol. The Kier molecular flexibility index (Phi) is 5.04. The molecule has 0 atom stereocenters. The molecule has 22 heavy (non-hydrogen) atoms. The summed E-state index contributed by atoms with van der Waals surface area (Å²) in [4.78, 5) is 10.5. The maximum absolute atomic E-state index is 12.1. The molecule has 1 aromatic heterocycles. The molecule has 0 N–H and O–H groups in total. The fourth-order valence-corrected chi connectivity index (χ4v) is 3.18. The highest BCUT2D eigenvalue weighted by molar-refractivity contribution is 7.86. The lowest BCUT2D eigenvalue weighted by Gasteiger charge is -2.35. The van der Waals surface area contributed by atoms with Crippen LogP contribution in [-0.4, -0.2) is 81.5 Å². The van der Waals surface area contributed by atoms with E-state index in [2.05, 4.69) is 9.97 Å². The van der Waals surface area contributed by atoms with Crippen molar-refractivity contribution in [1.82, 2.24) is 18.6 Å². The van der Waals surface area contributed by atoms with Crippen LogP contribution in [0.3, 0.4) is 0 Å². The van der Waals surface area contributed by atoms with Crippen molar-refractivity contribution in [2.24, 2.45) is 0 Å². The third-order valence-corrected chi connectivity index (χ3v) is 5.34. The van der Waals surface area contributed by atoms with E-state index < -0.39 is 10.2 Å². The van der Waals surface area contributed by atoms with Gasteiger partial charge in [-0.2, -0.15) is 27.0 Å². The van der Waals surface area contributed by atoms with Gasteiger partial charge >= 0.3 is 0 Å². The summed E-state index contributed by atoms with van der Waals surface area (Å²) in [7, 11) is 2.71. The van der Waals surface area contributed by atoms with Crippen molar-refractivity contribution < 1.29 is 17.9 Å². The van der Waals surface area contributed by atoms with Crippen molar-refractivity contribution in [3.63, 3.8) is 0 Å². The molecule has 0 radical (unpaired) electrons. The summed E-state index contributed by atoms with van der Waals surface area (Å²) < 4.78 is 37.1. The first-order valence-corrected chi connectivity index (χ1v) is 8.17. The smallest absolute Gasteiger partial charge is 0.281 e. The average molecular weight is 331 g/mol. The molecule has 0 amide bonds. The molecule has 0 aromatic carbocycles. The molecular weight excluding hydrogens is 310 g/mol. The van der Waals surface area contributed by atoms with E-state index in [4.69, 9.17) is 9.47 Å². The number of methoxy groups -OCH3 is 2. The largest absolute Gasteiger partial charge is 0.481 e. The Hall–Kier alpha value is -1.65. The lowest BCUT2D eigenvalue weighted by Crippen LogP contribution is -2.52. The first-order valence-electron chi connectivity index (χ1n) is 6.78. The zero-order valence-electron chi connectivity index (χ0n) is 13.2. The number of ether oxygens (including phenoxy) is 2. The normalized spacial score (nSPS) is 16.9. The summed E-state index contributed by atoms with van der Waals surface area (Å²) in [5, 5.41) is 0. The molecule has 124 valence electrons. The Balaban J connectivity index is 2.12. The number of hydrogen-bond donors (Lipinski definition) is 0. The summed E-state index contributed by atoms with van der Waals surface area (Å²) in [5.41, 5.74) is 0. The van der Waals surface area contributed by atoms with Crippen molar-refractivity contribution >= 4 is 16.2 Å². The van der Waals surface area contributed by atoms with Gasteiger partial charge in [-0.05, 0) is 0 Å². The number of nitrogens with zero attached hydrogens (tertiary/aromatic N) is 5. The van der Waals surface area contributed by atoms with Crippen molar-refractivity contribution in [2.75, 3.05) is 59.4 Å². The second-order valence-corrected chi connectivity index (χ2v) is 7.07. The van der Waals surface area contributed by atoms with E-state index in [1.807, 2.05) is 4.90 Å². The lowest BCUT2D eigenvalue weighted by atomic mass is 10.4. The third kappa shape index (κ3) is 3.39. The SMILES string of the molecule is COc1cc(OC)nc(N2CCN(S(=O)(=O)N(C)C)CC2)n1. The van der Waals surface area contributed by atoms with Crippen LogP contribution in [0.5, 0.6) is 11.8 Å². The molecule has 0 unspecified atom stereocenters. The molecule has 0 bridgehead atoms. The minimum absolute atomic E-state index is 0.378. The van der Waals surface area contributed by atoms with Crippen LogP contribution in [0.1, 0.15) is 0 Å². The zero-order valence-corrected chi connectivity index (χ0v) is 14.0. The van der Waals surface area contributed by atoms with Crippen molar-refractivity contribution in [1.29, 1.82) is 0 Å². The van der Waals surface area contributed by atoms with Gasteiger partial charge in [-0.25, -0.2) is 0 Å². The number of piperazine rings is 1. The second-order valence-electron chi connectivity index (χ2n) is 4.93. The van der Waals surface area contributed by atoms with Crippen LogP contribution < -0.4 is 14.4 Å². The van der Waals surface area contributed by atoms with Crippen LogP contribution >= 0.6 is 0 Å². The van der Waals surface area contributed by atoms with E-state index in [0.717, 1.165) is 0 Å². The van der Waals surface area contributed by atoms with Crippen molar-refractivity contribution in [2.45, 2.75) is 0 Å². The van der Waals surface area contributed by atoms with Gasteiger partial charge in [0.05, 0.1) is 20.3 Å². The maximum atomic E-state index is 12.1. The molecule has 0 saturated carbocycles. The third-order valence-electron chi connectivity index (χ3n) is 3.39. The number of hydrogen-bond acceptors (Lipinski definition) is 7. The van der Waals surface area contributed by atoms with Crippen LogP contribution in [0.4, 0.5) is 5.95 Å². The van der Waals surface area contributed by atoms with Crippen LogP contribution in [0.25, 0.3) is 0 Å². The Morgan fingerprint density at radius 3 is 1.95 bits per heavy atom. The molecule has 9 nitrogen and oxygen atoms in total. The Labute approximate surface area is 130 Å². The Morgan fingerprint density at radius 2 is 1.55 bits per heavy atom. The topological polar surface area (TPSA) is 88.1 Å². The summed E-state index contributed by atoms with van der Waals surface area (Å²) in [6.45, 7) is 1.76. The highest BCUT2D eigenvalue weighted by Crippen LogP contribution is 2.21. The van der Waals surface area contributed by atoms with E-state index in [9.17, 15) is 8.42 Å². The summed E-state index contributed by atoms with van der Waals surface area (Å²) in [6, 6.07) is 1.59. The second kappa shape index (κ2) is 6.63. The fraction of sp³-hybridized carbons (Fsp3) is 0.667. The molecule has 1 aliphatic heterocycles. The zero-order chi connectivity index (χ0) is 16.3. The molecule has 10 heteroatoms. The molecule has 0 aliphatic carbocycles. The first kappa shape index (κ1) is 16.7. The van der Waals surface area contributed by atoms with Gasteiger partial charge in [0.2, 0.25) is 17.7 Å². The van der Waals surface area contributed by atoms with E-state index in [1.54, 1.807) is 6.07 Å². The van der Waals surface area contributed by atoms with E-state index in [-0.39, 0.29) is 0 Å². The Morgan fingerprint density at radius 1 is 1.05 bits per heavy atom. The maximum Gasteiger partial charge on any atom is 0.281 e. The predicted octanol–water partition coefficient (Wildman–Crippen LogP) is -0.578. The molecule has 0 spiro atoms. The standard InChI is InChI=1S/C12H21N5O4S/c1-15(2)22(18,19)17-7-5-16(6-8-17)12-13-10(20-3)9-11(14-12)21-4/h9H,5-8H2,1-4H3. The molecular formula is C12H21N5O4S. The van der Waals surface area contributed by atoms with Crippen molar-refractivity contribution in [3.05, 3.63) is 6.07 Å². The number of anilines is 1. The molecule has 2 heterocycles. The molecule has 2 rings (SSSR count). The quantitative estimate of drug-likeness (QED) is 0.713. The minimum atomic E-state index is -3.38. The van der Waals surface area contributed by atoms with Crippen LogP contribution in [-0.2, 0) is 10.2 Å². The average Bonchev–Trinajstić information content (AvgIpc) is 2.54. The fourth-order valence-electron chi connectivity index (χ4n) is 2.09. The number of rotatable bonds is 5. The van der Waals surface area contributed by atoms with Gasteiger partial charge in [0, 0.05) is 40.3 Å². The summed E-state index contributed by atoms with van der Waals surface area (Å²) in [6.07, 6.45) is 0. The van der Waals surface area contributed by atoms with E-state index in [0.29, 0.717) is 43.9 Å². The monoisotopic (exact) mass is 331 g/mol. The molecule has 1 saturated heterocycles. The van der Waals surface area contributed by atoms with Gasteiger partial charge in [0.25, 0.3) is 10.2 Å². The number of aromatic nitrogens is 2. The van der Waals surface area contributed by atoms with Crippen molar-refractivity contribution in [3.8, 4) is 11.8 Å². The van der Waals surface area contributed by atoms with E-state index in [1.165, 1.54) is 36.9 Å². The van der Waals surface area contributed by atoms with Gasteiger partial charge in [0.1, 0.15) is 0 Å². The Bertz CT molecular complexity index is 592. The van der Waals surface area contributed by atoms with Gasteiger partial charge in [-0.3, -0.25) is 0 Å². The van der Waals surface area contributed by atoms with Gasteiger partial charge in [-0.15, -0.1) is 0 Å². The minimum Gasteiger partial charge on any atom is -0.481 e. The first-order chi connectivity index (χ1) is 10.4. The lowest BCUT2D eigenvalue weighted by molar-refractivity contribution is 0.348. The molecule has 1 aromatic rings. The van der Waals surface area contributed by atoms with Crippen LogP contribution in [0.15, 0.2) is 6.07 Å². The van der Waals surface area contributed by atoms with Crippen LogP contribution in [0, 0.1) is 0 Å². The molecule has 1 fully saturated rings. The summed E-state index contributed by atoms with van der Waals surface area (Å²) >= 11 is 0. The summed E-state index contributed by atoms with van der Waals surface area (Å²) in [5.74, 6) is 1.29. The van der Waals surface area contributed by atoms with Gasteiger partial charge < -0.3 is 14.4 Å². The van der Waals surface area contributed by atoms with E-state index >= 15 is 0 Å². The highest BCUT2D eigenvalue weighted by atomic mass is 32.2. The van der Waals surface area contributed by atoms with Gasteiger partial charge in [0.15, 0.2) is 0 Å². The van der Waals surface area contributed by atoms with Gasteiger partial charge in [-0.1, -0.05) is 0 Å². The van der Waals surface area contributed by atoms with Crippen LogP contribution in [0.2, 0.25) is 0 Å². The molecule has 1 aliphatic rings.